The van der Waals surface area contributed by atoms with Crippen LogP contribution in [0.4, 0.5) is 0 Å². The van der Waals surface area contributed by atoms with E-state index in [0.29, 0.717) is 30.1 Å². The molecule has 1 aliphatic rings. The van der Waals surface area contributed by atoms with Gasteiger partial charge in [-0.3, -0.25) is 14.1 Å². The van der Waals surface area contributed by atoms with Gasteiger partial charge < -0.3 is 10.6 Å². The number of rotatable bonds is 9. The lowest BCUT2D eigenvalue weighted by Gasteiger charge is -2.21. The predicted octanol–water partition coefficient (Wildman–Crippen LogP) is 3.77. The van der Waals surface area contributed by atoms with E-state index in [4.69, 9.17) is 0 Å². The fraction of sp³-hybridized carbons (Fsp3) is 0.458. The molecule has 2 aromatic rings. The highest BCUT2D eigenvalue weighted by Crippen LogP contribution is 2.20. The van der Waals surface area contributed by atoms with Crippen LogP contribution in [0.1, 0.15) is 31.4 Å². The van der Waals surface area contributed by atoms with Crippen molar-refractivity contribution in [3.05, 3.63) is 71.8 Å². The van der Waals surface area contributed by atoms with Gasteiger partial charge in [-0.05, 0) is 31.4 Å². The van der Waals surface area contributed by atoms with E-state index in [1.807, 2.05) is 30.3 Å². The summed E-state index contributed by atoms with van der Waals surface area (Å²) in [5.41, 5.74) is 2.47. The molecule has 0 amide bonds. The first-order valence-electron chi connectivity index (χ1n) is 10.9. The summed E-state index contributed by atoms with van der Waals surface area (Å²) in [4.78, 5) is 7.19. The average molecular weight is 555 g/mol. The Bertz CT molecular complexity index is 819. The zero-order valence-electron chi connectivity index (χ0n) is 18.5. The van der Waals surface area contributed by atoms with Crippen molar-refractivity contribution in [1.29, 1.82) is 0 Å². The molecule has 1 aliphatic heterocycles. The van der Waals surface area contributed by atoms with Crippen LogP contribution >= 0.6 is 24.0 Å². The lowest BCUT2D eigenvalue weighted by Crippen LogP contribution is -2.44. The SMILES string of the molecule is CCNC(=NCCS(=O)Cc1ccccc1)NC1CC(C)N(Cc2ccccc2)C1.I. The van der Waals surface area contributed by atoms with E-state index in [1.165, 1.54) is 5.56 Å². The van der Waals surface area contributed by atoms with Crippen LogP contribution in [0.25, 0.3) is 0 Å². The Morgan fingerprint density at radius 3 is 2.39 bits per heavy atom. The fourth-order valence-electron chi connectivity index (χ4n) is 3.85. The van der Waals surface area contributed by atoms with E-state index in [1.54, 1.807) is 0 Å². The number of hydrogen-bond donors (Lipinski definition) is 2. The Labute approximate surface area is 206 Å². The van der Waals surface area contributed by atoms with E-state index in [2.05, 4.69) is 64.7 Å². The topological polar surface area (TPSA) is 56.7 Å². The molecule has 7 heteroatoms. The summed E-state index contributed by atoms with van der Waals surface area (Å²) in [5.74, 6) is 2.00. The molecule has 1 heterocycles. The van der Waals surface area contributed by atoms with Crippen molar-refractivity contribution >= 4 is 40.7 Å². The second kappa shape index (κ2) is 13.9. The van der Waals surface area contributed by atoms with Gasteiger partial charge in [-0.1, -0.05) is 60.7 Å². The van der Waals surface area contributed by atoms with E-state index in [9.17, 15) is 4.21 Å². The van der Waals surface area contributed by atoms with Crippen LogP contribution < -0.4 is 10.6 Å². The number of nitrogens with one attached hydrogen (secondary N) is 2. The monoisotopic (exact) mass is 554 g/mol. The maximum Gasteiger partial charge on any atom is 0.191 e. The average Bonchev–Trinajstić information content (AvgIpc) is 3.08. The number of aliphatic imine (C=N–C) groups is 1. The van der Waals surface area contributed by atoms with Gasteiger partial charge in [0.05, 0.1) is 6.54 Å². The number of nitrogens with zero attached hydrogens (tertiary/aromatic N) is 2. The smallest absolute Gasteiger partial charge is 0.191 e. The quantitative estimate of drug-likeness (QED) is 0.282. The van der Waals surface area contributed by atoms with Crippen LogP contribution in [-0.4, -0.2) is 52.5 Å². The van der Waals surface area contributed by atoms with Crippen molar-refractivity contribution in [3.63, 3.8) is 0 Å². The molecular formula is C24H35IN4OS. The molecule has 2 N–H and O–H groups in total. The second-order valence-corrected chi connectivity index (χ2v) is 9.45. The van der Waals surface area contributed by atoms with E-state index in [0.717, 1.165) is 37.6 Å². The Balaban J connectivity index is 0.00000341. The summed E-state index contributed by atoms with van der Waals surface area (Å²) in [6.45, 7) is 7.72. The van der Waals surface area contributed by atoms with Gasteiger partial charge in [0.1, 0.15) is 0 Å². The third kappa shape index (κ3) is 8.90. The van der Waals surface area contributed by atoms with Gasteiger partial charge in [0.25, 0.3) is 0 Å². The minimum atomic E-state index is -0.900. The maximum absolute atomic E-state index is 12.4. The molecule has 0 bridgehead atoms. The summed E-state index contributed by atoms with van der Waals surface area (Å²) in [6.07, 6.45) is 1.09. The summed E-state index contributed by atoms with van der Waals surface area (Å²) < 4.78 is 12.4. The van der Waals surface area contributed by atoms with Crippen molar-refractivity contribution < 1.29 is 4.21 Å². The van der Waals surface area contributed by atoms with Crippen molar-refractivity contribution in [2.75, 3.05) is 25.4 Å². The molecule has 0 aromatic heterocycles. The van der Waals surface area contributed by atoms with Crippen LogP contribution in [0.5, 0.6) is 0 Å². The van der Waals surface area contributed by atoms with Crippen LogP contribution in [0.15, 0.2) is 65.7 Å². The molecule has 1 saturated heterocycles. The number of guanidine groups is 1. The third-order valence-corrected chi connectivity index (χ3v) is 6.67. The summed E-state index contributed by atoms with van der Waals surface area (Å²) >= 11 is 0. The lowest BCUT2D eigenvalue weighted by molar-refractivity contribution is 0.258. The molecule has 3 rings (SSSR count). The number of likely N-dealkylation sites (tertiary alicyclic amines) is 1. The van der Waals surface area contributed by atoms with E-state index >= 15 is 0 Å². The molecule has 5 nitrogen and oxygen atoms in total. The highest BCUT2D eigenvalue weighted by molar-refractivity contribution is 14.0. The molecule has 0 radical (unpaired) electrons. The van der Waals surface area contributed by atoms with Gasteiger partial charge in [0, 0.05) is 54.0 Å². The van der Waals surface area contributed by atoms with Gasteiger partial charge in [0.2, 0.25) is 0 Å². The van der Waals surface area contributed by atoms with Crippen molar-refractivity contribution in [2.24, 2.45) is 4.99 Å². The molecule has 170 valence electrons. The Hall–Kier alpha value is -1.45. The summed E-state index contributed by atoms with van der Waals surface area (Å²) in [6, 6.07) is 21.5. The number of benzene rings is 2. The first-order valence-corrected chi connectivity index (χ1v) is 12.3. The third-order valence-electron chi connectivity index (χ3n) is 5.38. The zero-order valence-corrected chi connectivity index (χ0v) is 21.6. The van der Waals surface area contributed by atoms with Crippen molar-refractivity contribution in [2.45, 2.75) is 44.6 Å². The molecular weight excluding hydrogens is 519 g/mol. The van der Waals surface area contributed by atoms with Gasteiger partial charge in [0.15, 0.2) is 5.96 Å². The predicted molar refractivity (Wildman–Crippen MR) is 142 cm³/mol. The van der Waals surface area contributed by atoms with Gasteiger partial charge in [-0.15, -0.1) is 24.0 Å². The molecule has 0 spiro atoms. The van der Waals surface area contributed by atoms with Crippen molar-refractivity contribution in [1.82, 2.24) is 15.5 Å². The largest absolute Gasteiger partial charge is 0.357 e. The number of hydrogen-bond acceptors (Lipinski definition) is 3. The number of halogens is 1. The van der Waals surface area contributed by atoms with Gasteiger partial charge in [-0.2, -0.15) is 0 Å². The highest BCUT2D eigenvalue weighted by Gasteiger charge is 2.29. The molecule has 3 unspecified atom stereocenters. The standard InChI is InChI=1S/C24H34N4OS.HI/c1-3-25-24(26-14-15-30(29)19-22-12-8-5-9-13-22)27-23-16-20(2)28(18-23)17-21-10-6-4-7-11-21;/h4-13,20,23H,3,14-19H2,1-2H3,(H2,25,26,27);1H. The van der Waals surface area contributed by atoms with Gasteiger partial charge in [-0.25, -0.2) is 0 Å². The zero-order chi connectivity index (χ0) is 21.2. The fourth-order valence-corrected chi connectivity index (χ4v) is 4.85. The van der Waals surface area contributed by atoms with Crippen LogP contribution in [0, 0.1) is 0 Å². The molecule has 0 aliphatic carbocycles. The summed E-state index contributed by atoms with van der Waals surface area (Å²) in [7, 11) is -0.900. The minimum absolute atomic E-state index is 0. The van der Waals surface area contributed by atoms with Crippen LogP contribution in [0.2, 0.25) is 0 Å². The van der Waals surface area contributed by atoms with Crippen LogP contribution in [0.3, 0.4) is 0 Å². The lowest BCUT2D eigenvalue weighted by atomic mass is 10.2. The molecule has 3 atom stereocenters. The van der Waals surface area contributed by atoms with Crippen molar-refractivity contribution in [3.8, 4) is 0 Å². The second-order valence-electron chi connectivity index (χ2n) is 7.88. The Kier molecular flexibility index (Phi) is 11.5. The molecule has 0 saturated carbocycles. The van der Waals surface area contributed by atoms with Gasteiger partial charge >= 0.3 is 0 Å². The maximum atomic E-state index is 12.4. The van der Waals surface area contributed by atoms with E-state index in [-0.39, 0.29) is 24.0 Å². The molecule has 1 fully saturated rings. The molecule has 31 heavy (non-hydrogen) atoms. The van der Waals surface area contributed by atoms with E-state index < -0.39 is 10.8 Å². The Morgan fingerprint density at radius 1 is 1.10 bits per heavy atom. The Morgan fingerprint density at radius 2 is 1.74 bits per heavy atom. The summed E-state index contributed by atoms with van der Waals surface area (Å²) in [5, 5.41) is 6.92. The first kappa shape index (κ1) is 25.8. The highest BCUT2D eigenvalue weighted by atomic mass is 127. The first-order chi connectivity index (χ1) is 14.6. The minimum Gasteiger partial charge on any atom is -0.357 e. The normalized spacial score (nSPS) is 20.1. The molecule has 2 aromatic carbocycles. The van der Waals surface area contributed by atoms with Crippen LogP contribution in [-0.2, 0) is 23.1 Å².